The molecule has 0 amide bonds. The number of fused-ring (bicyclic) bond motifs is 4. The molecule has 0 aliphatic carbocycles. The molecule has 4 heterocycles. The molecule has 7 heteroatoms. The van der Waals surface area contributed by atoms with Crippen molar-refractivity contribution in [2.75, 3.05) is 38.3 Å². The molecular weight excluding hydrogens is 472 g/mol. The van der Waals surface area contributed by atoms with Gasteiger partial charge in [0.05, 0.1) is 18.7 Å². The van der Waals surface area contributed by atoms with Gasteiger partial charge < -0.3 is 14.3 Å². The number of aliphatic hydroxyl groups excluding tert-OH is 1. The minimum absolute atomic E-state index is 0.187. The Balaban J connectivity index is 1.29. The smallest absolute Gasteiger partial charge is 0.192 e. The maximum atomic E-state index is 11.5. The molecule has 5 atom stereocenters. The third-order valence-corrected chi connectivity index (χ3v) is 14.2. The first kappa shape index (κ1) is 26.9. The van der Waals surface area contributed by atoms with E-state index in [0.29, 0.717) is 5.92 Å². The number of hydrogen-bond donors (Lipinski definition) is 1. The summed E-state index contributed by atoms with van der Waals surface area (Å²) in [4.78, 5) is 7.04. The van der Waals surface area contributed by atoms with Crippen molar-refractivity contribution in [3.05, 3.63) is 36.0 Å². The molecule has 5 nitrogen and oxygen atoms in total. The summed E-state index contributed by atoms with van der Waals surface area (Å²) in [5.74, 6) is 4.56. The van der Waals surface area contributed by atoms with Crippen LogP contribution in [0.4, 0.5) is 0 Å². The summed E-state index contributed by atoms with van der Waals surface area (Å²) >= 11 is 2.04. The predicted octanol–water partition coefficient (Wildman–Crippen LogP) is 6.13. The van der Waals surface area contributed by atoms with E-state index in [-0.39, 0.29) is 11.1 Å². The van der Waals surface area contributed by atoms with Gasteiger partial charge in [0.25, 0.3) is 0 Å². The lowest BCUT2D eigenvalue weighted by molar-refractivity contribution is -0.0559. The van der Waals surface area contributed by atoms with Crippen LogP contribution in [-0.4, -0.2) is 67.7 Å². The first-order valence-corrected chi connectivity index (χ1v) is 17.2. The van der Waals surface area contributed by atoms with Gasteiger partial charge in [0.2, 0.25) is 0 Å². The van der Waals surface area contributed by atoms with Crippen LogP contribution in [0, 0.1) is 11.8 Å². The van der Waals surface area contributed by atoms with Crippen LogP contribution in [0.15, 0.2) is 30.5 Å². The van der Waals surface area contributed by atoms with Gasteiger partial charge in [-0.05, 0) is 91.4 Å². The molecule has 0 radical (unpaired) electrons. The van der Waals surface area contributed by atoms with Gasteiger partial charge in [-0.1, -0.05) is 20.8 Å². The van der Waals surface area contributed by atoms with Gasteiger partial charge in [-0.2, -0.15) is 11.8 Å². The number of nitrogens with zero attached hydrogens (tertiary/aromatic N) is 2. The topological polar surface area (TPSA) is 54.8 Å². The van der Waals surface area contributed by atoms with Gasteiger partial charge in [0.15, 0.2) is 8.32 Å². The highest BCUT2D eigenvalue weighted by Crippen LogP contribution is 2.43. The zero-order valence-corrected chi connectivity index (χ0v) is 24.2. The molecule has 2 bridgehead atoms. The fraction of sp³-hybridized carbons (Fsp3) is 0.679. The molecule has 2 aromatic rings. The minimum atomic E-state index is -1.63. The fourth-order valence-corrected chi connectivity index (χ4v) is 7.55. The van der Waals surface area contributed by atoms with Crippen LogP contribution in [0.1, 0.15) is 51.7 Å². The van der Waals surface area contributed by atoms with Gasteiger partial charge in [-0.25, -0.2) is 0 Å². The summed E-state index contributed by atoms with van der Waals surface area (Å²) in [6, 6.07) is 8.08. The van der Waals surface area contributed by atoms with Crippen molar-refractivity contribution in [3.8, 4) is 5.75 Å². The minimum Gasteiger partial charge on any atom is -0.497 e. The Bertz CT molecular complexity index is 996. The number of hydrogen-bond acceptors (Lipinski definition) is 6. The second-order valence-corrected chi connectivity index (χ2v) is 17.9. The number of benzene rings is 1. The fourth-order valence-electron chi connectivity index (χ4n) is 5.48. The molecule has 3 fully saturated rings. The lowest BCUT2D eigenvalue weighted by Crippen LogP contribution is -2.55. The Kier molecular flexibility index (Phi) is 8.53. The summed E-state index contributed by atoms with van der Waals surface area (Å²) in [5, 5.41) is 12.8. The van der Waals surface area contributed by atoms with Gasteiger partial charge in [0.1, 0.15) is 5.75 Å². The quantitative estimate of drug-likeness (QED) is 0.303. The first-order chi connectivity index (χ1) is 16.6. The molecule has 1 N–H and O–H groups in total. The van der Waals surface area contributed by atoms with E-state index in [1.54, 1.807) is 7.11 Å². The maximum absolute atomic E-state index is 11.5. The van der Waals surface area contributed by atoms with E-state index >= 15 is 0 Å². The maximum Gasteiger partial charge on any atom is 0.192 e. The number of aliphatic hydroxyl groups is 1. The summed E-state index contributed by atoms with van der Waals surface area (Å²) < 4.78 is 11.8. The third-order valence-electron chi connectivity index (χ3n) is 8.73. The van der Waals surface area contributed by atoms with Gasteiger partial charge in [-0.15, -0.1) is 0 Å². The van der Waals surface area contributed by atoms with Crippen LogP contribution in [0.2, 0.25) is 18.1 Å². The Hall–Kier alpha value is -1.12. The molecule has 194 valence electrons. The lowest BCUT2D eigenvalue weighted by Gasteiger charge is -2.51. The van der Waals surface area contributed by atoms with Crippen molar-refractivity contribution in [1.29, 1.82) is 0 Å². The summed E-state index contributed by atoms with van der Waals surface area (Å²) in [6.07, 6.45) is 4.93. The standard InChI is InChI=1S/C28H44N2O3SSi/c1-28(2,3)35(5,6)33-14-16-34-15-11-21-19-30-13-10-20(21)17-26(30)27(31)23-9-12-29-25-8-7-22(32-4)18-24(23)25/h7-9,12,18,20-21,26-27,31H,10-11,13-17,19H2,1-6H3/t20?,21?,26-,27+/m0/s1. The number of rotatable bonds is 10. The number of pyridine rings is 1. The molecule has 5 rings (SSSR count). The van der Waals surface area contributed by atoms with E-state index in [2.05, 4.69) is 43.7 Å². The predicted molar refractivity (Wildman–Crippen MR) is 150 cm³/mol. The average Bonchev–Trinajstić information content (AvgIpc) is 2.84. The summed E-state index contributed by atoms with van der Waals surface area (Å²) in [7, 11) is 0.0476. The van der Waals surface area contributed by atoms with Crippen molar-refractivity contribution in [1.82, 2.24) is 9.88 Å². The molecule has 35 heavy (non-hydrogen) atoms. The second-order valence-electron chi connectivity index (χ2n) is 11.8. The molecule has 3 saturated heterocycles. The Morgan fingerprint density at radius 3 is 2.71 bits per heavy atom. The van der Waals surface area contributed by atoms with Crippen molar-refractivity contribution >= 4 is 31.0 Å². The van der Waals surface area contributed by atoms with Crippen LogP contribution in [0.25, 0.3) is 10.9 Å². The molecule has 3 unspecified atom stereocenters. The van der Waals surface area contributed by atoms with E-state index in [4.69, 9.17) is 9.16 Å². The second kappa shape index (κ2) is 11.1. The van der Waals surface area contributed by atoms with Gasteiger partial charge >= 0.3 is 0 Å². The highest BCUT2D eigenvalue weighted by molar-refractivity contribution is 7.99. The Morgan fingerprint density at radius 1 is 1.23 bits per heavy atom. The molecule has 1 aromatic heterocycles. The number of thioether (sulfide) groups is 1. The van der Waals surface area contributed by atoms with Crippen molar-refractivity contribution in [3.63, 3.8) is 0 Å². The van der Waals surface area contributed by atoms with E-state index in [1.807, 2.05) is 42.2 Å². The first-order valence-electron chi connectivity index (χ1n) is 13.2. The van der Waals surface area contributed by atoms with Crippen molar-refractivity contribution < 1.29 is 14.3 Å². The van der Waals surface area contributed by atoms with Crippen molar-refractivity contribution in [2.24, 2.45) is 11.8 Å². The highest BCUT2D eigenvalue weighted by atomic mass is 32.2. The lowest BCUT2D eigenvalue weighted by atomic mass is 9.72. The van der Waals surface area contributed by atoms with Gasteiger partial charge in [-0.3, -0.25) is 9.88 Å². The third kappa shape index (κ3) is 6.07. The molecule has 1 aromatic carbocycles. The van der Waals surface area contributed by atoms with Crippen LogP contribution < -0.4 is 4.74 Å². The number of ether oxygens (including phenoxy) is 1. The normalized spacial score (nSPS) is 25.7. The SMILES string of the molecule is COc1ccc2nccc([C@@H](O)[C@@H]3CC4CCN3CC4CCSCCO[Si](C)(C)C(C)(C)C)c2c1. The number of aromatic nitrogens is 1. The zero-order valence-electron chi connectivity index (χ0n) is 22.4. The highest BCUT2D eigenvalue weighted by Gasteiger charge is 2.43. The van der Waals surface area contributed by atoms with Crippen LogP contribution in [0.5, 0.6) is 5.75 Å². The average molecular weight is 517 g/mol. The Morgan fingerprint density at radius 2 is 2.03 bits per heavy atom. The van der Waals surface area contributed by atoms with Gasteiger partial charge in [0, 0.05) is 36.5 Å². The Labute approximate surface area is 217 Å². The van der Waals surface area contributed by atoms with E-state index in [1.165, 1.54) is 18.6 Å². The van der Waals surface area contributed by atoms with Crippen LogP contribution >= 0.6 is 11.8 Å². The molecule has 0 saturated carbocycles. The summed E-state index contributed by atoms with van der Waals surface area (Å²) in [6.45, 7) is 14.7. The molecular formula is C28H44N2O3SSi. The largest absolute Gasteiger partial charge is 0.497 e. The van der Waals surface area contributed by atoms with E-state index in [9.17, 15) is 5.11 Å². The van der Waals surface area contributed by atoms with Crippen LogP contribution in [-0.2, 0) is 4.43 Å². The number of methoxy groups -OCH3 is 1. The monoisotopic (exact) mass is 516 g/mol. The van der Waals surface area contributed by atoms with E-state index in [0.717, 1.165) is 60.0 Å². The van der Waals surface area contributed by atoms with Crippen molar-refractivity contribution in [2.45, 2.75) is 70.3 Å². The number of piperidine rings is 3. The molecule has 0 spiro atoms. The zero-order chi connectivity index (χ0) is 25.2. The molecule has 3 aliphatic rings. The summed E-state index contributed by atoms with van der Waals surface area (Å²) in [5.41, 5.74) is 1.88. The van der Waals surface area contributed by atoms with Crippen LogP contribution in [0.3, 0.4) is 0 Å². The molecule has 3 aliphatic heterocycles. The van der Waals surface area contributed by atoms with E-state index < -0.39 is 14.4 Å².